The van der Waals surface area contributed by atoms with Crippen LogP contribution in [-0.4, -0.2) is 24.7 Å². The van der Waals surface area contributed by atoms with Crippen LogP contribution in [0.3, 0.4) is 0 Å². The molecule has 1 rings (SSSR count). The summed E-state index contributed by atoms with van der Waals surface area (Å²) in [5, 5.41) is 5.34. The van der Waals surface area contributed by atoms with E-state index in [4.69, 9.17) is 11.6 Å². The van der Waals surface area contributed by atoms with Crippen LogP contribution in [0.5, 0.6) is 0 Å². The summed E-state index contributed by atoms with van der Waals surface area (Å²) in [7, 11) is 1.58. The van der Waals surface area contributed by atoms with Crippen LogP contribution in [0.25, 0.3) is 0 Å². The monoisotopic (exact) mass is 268 g/mol. The Labute approximate surface area is 112 Å². The summed E-state index contributed by atoms with van der Waals surface area (Å²) in [4.78, 5) is 23.1. The molecule has 1 aromatic rings. The minimum atomic E-state index is -0.246. The average Bonchev–Trinajstić information content (AvgIpc) is 2.38. The third-order valence-electron chi connectivity index (χ3n) is 2.65. The Balaban J connectivity index is 2.86. The third kappa shape index (κ3) is 3.47. The van der Waals surface area contributed by atoms with Gasteiger partial charge in [0.2, 0.25) is 5.91 Å². The summed E-state index contributed by atoms with van der Waals surface area (Å²) in [5.74, 6) is -0.239. The Morgan fingerprint density at radius 2 is 2.06 bits per heavy atom. The molecule has 0 spiro atoms. The molecule has 0 aliphatic carbocycles. The van der Waals surface area contributed by atoms with E-state index in [0.29, 0.717) is 11.3 Å². The van der Waals surface area contributed by atoms with Gasteiger partial charge in [0.15, 0.2) is 0 Å². The maximum absolute atomic E-state index is 11.7. The van der Waals surface area contributed by atoms with Gasteiger partial charge in [-0.05, 0) is 30.7 Å². The molecular weight excluding hydrogens is 252 g/mol. The summed E-state index contributed by atoms with van der Waals surface area (Å²) in [6, 6.07) is 5.13. The molecule has 0 aliphatic rings. The van der Waals surface area contributed by atoms with Gasteiger partial charge in [-0.2, -0.15) is 0 Å². The van der Waals surface area contributed by atoms with Crippen molar-refractivity contribution in [2.24, 2.45) is 5.92 Å². The van der Waals surface area contributed by atoms with Crippen molar-refractivity contribution in [2.75, 3.05) is 18.2 Å². The molecule has 18 heavy (non-hydrogen) atoms. The second-order valence-corrected chi connectivity index (χ2v) is 4.46. The lowest BCUT2D eigenvalue weighted by atomic mass is 10.1. The van der Waals surface area contributed by atoms with Gasteiger partial charge in [0.25, 0.3) is 5.91 Å². The van der Waals surface area contributed by atoms with E-state index >= 15 is 0 Å². The van der Waals surface area contributed by atoms with Crippen molar-refractivity contribution in [3.05, 3.63) is 29.3 Å². The number of anilines is 1. The van der Waals surface area contributed by atoms with E-state index in [1.54, 1.807) is 32.2 Å². The minimum Gasteiger partial charge on any atom is -0.355 e. The van der Waals surface area contributed by atoms with Gasteiger partial charge in [-0.25, -0.2) is 0 Å². The molecule has 1 unspecified atom stereocenters. The van der Waals surface area contributed by atoms with E-state index in [9.17, 15) is 9.59 Å². The smallest absolute Gasteiger partial charge is 0.251 e. The maximum atomic E-state index is 11.7. The zero-order chi connectivity index (χ0) is 13.7. The number of carbonyl (C=O) groups excluding carboxylic acids is 2. The number of carbonyl (C=O) groups is 2. The third-order valence-corrected chi connectivity index (χ3v) is 3.12. The van der Waals surface area contributed by atoms with Crippen LogP contribution >= 0.6 is 11.6 Å². The SMILES string of the molecule is CNC(=O)c1ccc(NC(=O)C(C)CCl)c(C)c1. The molecule has 1 aromatic carbocycles. The summed E-state index contributed by atoms with van der Waals surface area (Å²) >= 11 is 5.62. The summed E-state index contributed by atoms with van der Waals surface area (Å²) in [6.07, 6.45) is 0. The number of hydrogen-bond acceptors (Lipinski definition) is 2. The van der Waals surface area contributed by atoms with Crippen LogP contribution in [0.2, 0.25) is 0 Å². The van der Waals surface area contributed by atoms with Crippen molar-refractivity contribution in [1.82, 2.24) is 5.32 Å². The first-order chi connectivity index (χ1) is 8.49. The Morgan fingerprint density at radius 1 is 1.39 bits per heavy atom. The van der Waals surface area contributed by atoms with Crippen molar-refractivity contribution in [3.63, 3.8) is 0 Å². The van der Waals surface area contributed by atoms with Crippen molar-refractivity contribution < 1.29 is 9.59 Å². The first kappa shape index (κ1) is 14.5. The Hall–Kier alpha value is -1.55. The van der Waals surface area contributed by atoms with Crippen LogP contribution < -0.4 is 10.6 Å². The van der Waals surface area contributed by atoms with Crippen molar-refractivity contribution in [3.8, 4) is 0 Å². The summed E-state index contributed by atoms with van der Waals surface area (Å²) in [5.41, 5.74) is 2.11. The molecule has 0 saturated heterocycles. The van der Waals surface area contributed by atoms with Crippen molar-refractivity contribution in [1.29, 1.82) is 0 Å². The van der Waals surface area contributed by atoms with Gasteiger partial charge >= 0.3 is 0 Å². The topological polar surface area (TPSA) is 58.2 Å². The molecule has 0 bridgehead atoms. The number of hydrogen-bond donors (Lipinski definition) is 2. The molecule has 4 nitrogen and oxygen atoms in total. The van der Waals surface area contributed by atoms with Gasteiger partial charge < -0.3 is 10.6 Å². The molecule has 0 fully saturated rings. The van der Waals surface area contributed by atoms with Crippen LogP contribution in [0.15, 0.2) is 18.2 Å². The van der Waals surface area contributed by atoms with Crippen LogP contribution in [0.4, 0.5) is 5.69 Å². The molecule has 0 heterocycles. The van der Waals surface area contributed by atoms with E-state index in [0.717, 1.165) is 5.56 Å². The number of rotatable bonds is 4. The van der Waals surface area contributed by atoms with E-state index in [1.165, 1.54) is 0 Å². The normalized spacial score (nSPS) is 11.8. The molecule has 0 radical (unpaired) electrons. The minimum absolute atomic E-state index is 0.124. The highest BCUT2D eigenvalue weighted by Crippen LogP contribution is 2.17. The van der Waals surface area contributed by atoms with Gasteiger partial charge in [0.1, 0.15) is 0 Å². The fourth-order valence-corrected chi connectivity index (χ4v) is 1.56. The number of alkyl halides is 1. The van der Waals surface area contributed by atoms with Gasteiger partial charge in [0, 0.05) is 30.1 Å². The number of amides is 2. The molecular formula is C13H17ClN2O2. The molecule has 2 N–H and O–H groups in total. The lowest BCUT2D eigenvalue weighted by Gasteiger charge is -2.12. The number of aryl methyl sites for hydroxylation is 1. The predicted molar refractivity (Wildman–Crippen MR) is 73.1 cm³/mol. The highest BCUT2D eigenvalue weighted by atomic mass is 35.5. The number of benzene rings is 1. The lowest BCUT2D eigenvalue weighted by molar-refractivity contribution is -0.118. The first-order valence-electron chi connectivity index (χ1n) is 5.69. The lowest BCUT2D eigenvalue weighted by Crippen LogP contribution is -2.22. The Kier molecular flexibility index (Phi) is 5.16. The van der Waals surface area contributed by atoms with Gasteiger partial charge in [-0.3, -0.25) is 9.59 Å². The molecule has 2 amide bonds. The number of halogens is 1. The van der Waals surface area contributed by atoms with E-state index in [-0.39, 0.29) is 23.6 Å². The maximum Gasteiger partial charge on any atom is 0.251 e. The van der Waals surface area contributed by atoms with Crippen LogP contribution in [0, 0.1) is 12.8 Å². The quantitative estimate of drug-likeness (QED) is 0.823. The fraction of sp³-hybridized carbons (Fsp3) is 0.385. The summed E-state index contributed by atoms with van der Waals surface area (Å²) in [6.45, 7) is 3.60. The summed E-state index contributed by atoms with van der Waals surface area (Å²) < 4.78 is 0. The average molecular weight is 269 g/mol. The standard InChI is InChI=1S/C13H17ClN2O2/c1-8-6-10(13(18)15-3)4-5-11(8)16-12(17)9(2)7-14/h4-6,9H,7H2,1-3H3,(H,15,18)(H,16,17). The van der Waals surface area contributed by atoms with Crippen molar-refractivity contribution in [2.45, 2.75) is 13.8 Å². The predicted octanol–water partition coefficient (Wildman–Crippen LogP) is 2.17. The van der Waals surface area contributed by atoms with Crippen LogP contribution in [0.1, 0.15) is 22.8 Å². The van der Waals surface area contributed by atoms with E-state index < -0.39 is 0 Å². The Bertz CT molecular complexity index is 460. The highest BCUT2D eigenvalue weighted by molar-refractivity contribution is 6.19. The first-order valence-corrected chi connectivity index (χ1v) is 6.22. The van der Waals surface area contributed by atoms with Gasteiger partial charge in [-0.1, -0.05) is 6.92 Å². The molecule has 1 atom stereocenters. The number of nitrogens with one attached hydrogen (secondary N) is 2. The molecule has 0 aromatic heterocycles. The van der Waals surface area contributed by atoms with Crippen LogP contribution in [-0.2, 0) is 4.79 Å². The zero-order valence-corrected chi connectivity index (χ0v) is 11.5. The molecule has 0 saturated carbocycles. The fourth-order valence-electron chi connectivity index (χ4n) is 1.42. The molecule has 0 aliphatic heterocycles. The molecule has 5 heteroatoms. The largest absolute Gasteiger partial charge is 0.355 e. The second kappa shape index (κ2) is 6.40. The highest BCUT2D eigenvalue weighted by Gasteiger charge is 2.13. The Morgan fingerprint density at radius 3 is 2.56 bits per heavy atom. The van der Waals surface area contributed by atoms with Gasteiger partial charge in [-0.15, -0.1) is 11.6 Å². The second-order valence-electron chi connectivity index (χ2n) is 4.15. The molecule has 98 valence electrons. The van der Waals surface area contributed by atoms with E-state index in [2.05, 4.69) is 10.6 Å². The van der Waals surface area contributed by atoms with E-state index in [1.807, 2.05) is 6.92 Å². The van der Waals surface area contributed by atoms with Gasteiger partial charge in [0.05, 0.1) is 0 Å². The zero-order valence-electron chi connectivity index (χ0n) is 10.7. The van der Waals surface area contributed by atoms with Crippen molar-refractivity contribution >= 4 is 29.1 Å².